The van der Waals surface area contributed by atoms with Gasteiger partial charge in [-0.15, -0.1) is 0 Å². The first-order valence-corrected chi connectivity index (χ1v) is 8.36. The maximum absolute atomic E-state index is 12.4. The first kappa shape index (κ1) is 16.0. The molecule has 0 fully saturated rings. The van der Waals surface area contributed by atoms with Gasteiger partial charge in [-0.2, -0.15) is 5.26 Å². The lowest BCUT2D eigenvalue weighted by atomic mass is 10.1. The molecule has 4 nitrogen and oxygen atoms in total. The zero-order valence-electron chi connectivity index (χ0n) is 13.1. The van der Waals surface area contributed by atoms with Gasteiger partial charge in [-0.3, -0.25) is 4.79 Å². The predicted octanol–water partition coefficient (Wildman–Crippen LogP) is 4.23. The fraction of sp³-hybridized carbons (Fsp3) is 0.105. The fourth-order valence-corrected chi connectivity index (χ4v) is 3.13. The van der Waals surface area contributed by atoms with Crippen LogP contribution in [-0.4, -0.2) is 16.1 Å². The van der Waals surface area contributed by atoms with Crippen LogP contribution in [0.15, 0.2) is 65.8 Å². The zero-order chi connectivity index (χ0) is 16.9. The number of hydrogen-bond donors (Lipinski definition) is 1. The molecule has 0 aliphatic rings. The lowest BCUT2D eigenvalue weighted by molar-refractivity contribution is -0.115. The van der Waals surface area contributed by atoms with Crippen LogP contribution in [0.1, 0.15) is 12.5 Å². The first-order chi connectivity index (χ1) is 11.7. The van der Waals surface area contributed by atoms with Crippen molar-refractivity contribution < 1.29 is 4.79 Å². The molecular formula is C19H15N3OS. The Kier molecular flexibility index (Phi) is 4.78. The van der Waals surface area contributed by atoms with E-state index >= 15 is 0 Å². The Morgan fingerprint density at radius 3 is 2.75 bits per heavy atom. The number of amides is 1. The van der Waals surface area contributed by atoms with E-state index in [1.807, 2.05) is 49.4 Å². The summed E-state index contributed by atoms with van der Waals surface area (Å²) in [4.78, 5) is 16.6. The monoisotopic (exact) mass is 333 g/mol. The molecule has 1 unspecified atom stereocenters. The molecule has 0 bridgehead atoms. The molecular weight excluding hydrogens is 318 g/mol. The van der Waals surface area contributed by atoms with Gasteiger partial charge < -0.3 is 5.32 Å². The molecule has 0 saturated heterocycles. The van der Waals surface area contributed by atoms with Crippen LogP contribution in [0, 0.1) is 11.3 Å². The number of anilines is 1. The van der Waals surface area contributed by atoms with Gasteiger partial charge in [0.1, 0.15) is 0 Å². The van der Waals surface area contributed by atoms with Gasteiger partial charge in [0.2, 0.25) is 5.91 Å². The van der Waals surface area contributed by atoms with Crippen molar-refractivity contribution in [3.63, 3.8) is 0 Å². The van der Waals surface area contributed by atoms with Gasteiger partial charge in [-0.25, -0.2) is 4.98 Å². The molecule has 1 heterocycles. The molecule has 5 heteroatoms. The number of rotatable bonds is 4. The van der Waals surface area contributed by atoms with E-state index in [1.54, 1.807) is 18.3 Å². The topological polar surface area (TPSA) is 65.8 Å². The number of thioether (sulfide) groups is 1. The Balaban J connectivity index is 1.69. The van der Waals surface area contributed by atoms with Crippen LogP contribution in [0.3, 0.4) is 0 Å². The van der Waals surface area contributed by atoms with E-state index in [-0.39, 0.29) is 11.2 Å². The summed E-state index contributed by atoms with van der Waals surface area (Å²) in [6, 6.07) is 19.2. The SMILES string of the molecule is CC(Sc1cc(C#N)ccn1)C(=O)Nc1ccc2ccccc2c1. The second-order valence-electron chi connectivity index (χ2n) is 5.31. The second-order valence-corrected chi connectivity index (χ2v) is 6.67. The summed E-state index contributed by atoms with van der Waals surface area (Å²) in [7, 11) is 0. The molecule has 1 amide bonds. The molecule has 3 aromatic rings. The summed E-state index contributed by atoms with van der Waals surface area (Å²) in [6.07, 6.45) is 1.58. The average molecular weight is 333 g/mol. The molecule has 1 aromatic heterocycles. The molecule has 1 N–H and O–H groups in total. The summed E-state index contributed by atoms with van der Waals surface area (Å²) in [5.41, 5.74) is 1.31. The molecule has 24 heavy (non-hydrogen) atoms. The van der Waals surface area contributed by atoms with Gasteiger partial charge in [0.15, 0.2) is 0 Å². The van der Waals surface area contributed by atoms with Crippen LogP contribution in [-0.2, 0) is 4.79 Å². The number of nitriles is 1. The van der Waals surface area contributed by atoms with E-state index in [9.17, 15) is 4.79 Å². The van der Waals surface area contributed by atoms with Crippen molar-refractivity contribution in [1.29, 1.82) is 5.26 Å². The minimum Gasteiger partial charge on any atom is -0.325 e. The Morgan fingerprint density at radius 1 is 1.17 bits per heavy atom. The van der Waals surface area contributed by atoms with Gasteiger partial charge >= 0.3 is 0 Å². The van der Waals surface area contributed by atoms with Crippen molar-refractivity contribution >= 4 is 34.1 Å². The normalized spacial score (nSPS) is 11.7. The van der Waals surface area contributed by atoms with Crippen LogP contribution in [0.4, 0.5) is 5.69 Å². The van der Waals surface area contributed by atoms with Crippen molar-refractivity contribution in [3.05, 3.63) is 66.4 Å². The predicted molar refractivity (Wildman–Crippen MR) is 96.8 cm³/mol. The molecule has 0 aliphatic heterocycles. The van der Waals surface area contributed by atoms with Crippen LogP contribution in [0.25, 0.3) is 10.8 Å². The van der Waals surface area contributed by atoms with Gasteiger partial charge in [-0.05, 0) is 42.0 Å². The highest BCUT2D eigenvalue weighted by atomic mass is 32.2. The van der Waals surface area contributed by atoms with E-state index in [4.69, 9.17) is 5.26 Å². The number of benzene rings is 2. The maximum Gasteiger partial charge on any atom is 0.237 e. The van der Waals surface area contributed by atoms with E-state index in [1.165, 1.54) is 11.8 Å². The van der Waals surface area contributed by atoms with Crippen LogP contribution >= 0.6 is 11.8 Å². The number of pyridine rings is 1. The van der Waals surface area contributed by atoms with Crippen molar-refractivity contribution in [3.8, 4) is 6.07 Å². The van der Waals surface area contributed by atoms with Gasteiger partial charge in [0, 0.05) is 11.9 Å². The van der Waals surface area contributed by atoms with Crippen LogP contribution in [0.2, 0.25) is 0 Å². The summed E-state index contributed by atoms with van der Waals surface area (Å²) in [6.45, 7) is 1.82. The smallest absolute Gasteiger partial charge is 0.237 e. The number of nitrogens with one attached hydrogen (secondary N) is 1. The number of fused-ring (bicyclic) bond motifs is 1. The summed E-state index contributed by atoms with van der Waals surface area (Å²) in [5, 5.41) is 14.4. The highest BCUT2D eigenvalue weighted by Crippen LogP contribution is 2.24. The zero-order valence-corrected chi connectivity index (χ0v) is 13.9. The molecule has 0 spiro atoms. The summed E-state index contributed by atoms with van der Waals surface area (Å²) in [5.74, 6) is -0.0977. The number of carbonyl (C=O) groups excluding carboxylic acids is 1. The Bertz CT molecular complexity index is 933. The van der Waals surface area contributed by atoms with Gasteiger partial charge in [0.25, 0.3) is 0 Å². The molecule has 0 aliphatic carbocycles. The summed E-state index contributed by atoms with van der Waals surface area (Å²) >= 11 is 1.33. The maximum atomic E-state index is 12.4. The number of aromatic nitrogens is 1. The highest BCUT2D eigenvalue weighted by Gasteiger charge is 2.15. The lowest BCUT2D eigenvalue weighted by Gasteiger charge is -2.12. The van der Waals surface area contributed by atoms with Gasteiger partial charge in [-0.1, -0.05) is 42.1 Å². The quantitative estimate of drug-likeness (QED) is 0.726. The number of nitrogens with zero attached hydrogens (tertiary/aromatic N) is 2. The van der Waals surface area contributed by atoms with E-state index in [2.05, 4.69) is 16.4 Å². The minimum absolute atomic E-state index is 0.0977. The van der Waals surface area contributed by atoms with E-state index in [0.717, 1.165) is 16.5 Å². The molecule has 3 rings (SSSR count). The Labute approximate surface area is 144 Å². The molecule has 118 valence electrons. The molecule has 0 radical (unpaired) electrons. The molecule has 2 aromatic carbocycles. The van der Waals surface area contributed by atoms with Crippen molar-refractivity contribution in [1.82, 2.24) is 4.98 Å². The number of carbonyl (C=O) groups is 1. The fourth-order valence-electron chi connectivity index (χ4n) is 2.29. The van der Waals surface area contributed by atoms with E-state index in [0.29, 0.717) is 10.6 Å². The Morgan fingerprint density at radius 2 is 1.96 bits per heavy atom. The molecule has 1 atom stereocenters. The van der Waals surface area contributed by atoms with Crippen molar-refractivity contribution in [2.45, 2.75) is 17.2 Å². The average Bonchev–Trinajstić information content (AvgIpc) is 2.61. The van der Waals surface area contributed by atoms with Crippen LogP contribution < -0.4 is 5.32 Å². The van der Waals surface area contributed by atoms with E-state index < -0.39 is 0 Å². The minimum atomic E-state index is -0.321. The third-order valence-corrected chi connectivity index (χ3v) is 4.58. The standard InChI is InChI=1S/C19H15N3OS/c1-13(24-18-10-14(12-20)8-9-21-18)19(23)22-17-7-6-15-4-2-3-5-16(15)11-17/h2-11,13H,1H3,(H,22,23). The lowest BCUT2D eigenvalue weighted by Crippen LogP contribution is -2.22. The highest BCUT2D eigenvalue weighted by molar-refractivity contribution is 8.00. The van der Waals surface area contributed by atoms with Crippen LogP contribution in [0.5, 0.6) is 0 Å². The number of hydrogen-bond acceptors (Lipinski definition) is 4. The van der Waals surface area contributed by atoms with Crippen molar-refractivity contribution in [2.24, 2.45) is 0 Å². The first-order valence-electron chi connectivity index (χ1n) is 7.48. The third kappa shape index (κ3) is 3.73. The largest absolute Gasteiger partial charge is 0.325 e. The van der Waals surface area contributed by atoms with Crippen molar-refractivity contribution in [2.75, 3.05) is 5.32 Å². The third-order valence-electron chi connectivity index (χ3n) is 3.55. The van der Waals surface area contributed by atoms with Gasteiger partial charge in [0.05, 0.1) is 21.9 Å². The summed E-state index contributed by atoms with van der Waals surface area (Å²) < 4.78 is 0. The molecule has 0 saturated carbocycles. The second kappa shape index (κ2) is 7.16. The Hall–Kier alpha value is -2.84.